The fraction of sp³-hybridized carbons (Fsp3) is 0.722. The molecule has 2 unspecified atom stereocenters. The third-order valence-electron chi connectivity index (χ3n) is 5.39. The topological polar surface area (TPSA) is 42.1 Å². The van der Waals surface area contributed by atoms with Crippen molar-refractivity contribution in [1.29, 1.82) is 0 Å². The molecule has 0 bridgehead atoms. The third-order valence-corrected chi connectivity index (χ3v) is 5.39. The molecule has 3 rings (SSSR count). The molecule has 0 radical (unpaired) electrons. The van der Waals surface area contributed by atoms with Gasteiger partial charge in [-0.25, -0.2) is 4.98 Å². The normalized spacial score (nSPS) is 24.7. The number of anilines is 1. The molecular weight excluding hydrogens is 258 g/mol. The lowest BCUT2D eigenvalue weighted by Crippen LogP contribution is -2.36. The zero-order valence-corrected chi connectivity index (χ0v) is 13.3. The van der Waals surface area contributed by atoms with Crippen molar-refractivity contribution in [2.45, 2.75) is 70.4 Å². The predicted molar refractivity (Wildman–Crippen MR) is 88.5 cm³/mol. The summed E-state index contributed by atoms with van der Waals surface area (Å²) in [6, 6.07) is 5.25. The van der Waals surface area contributed by atoms with Gasteiger partial charge in [-0.05, 0) is 56.1 Å². The maximum atomic E-state index is 6.18. The zero-order chi connectivity index (χ0) is 14.7. The van der Waals surface area contributed by atoms with Gasteiger partial charge in [0.1, 0.15) is 5.82 Å². The van der Waals surface area contributed by atoms with Crippen molar-refractivity contribution in [3.05, 3.63) is 23.9 Å². The average Bonchev–Trinajstić information content (AvgIpc) is 3.18. The Labute approximate surface area is 128 Å². The molecule has 2 atom stereocenters. The first-order valence-electron chi connectivity index (χ1n) is 8.75. The molecule has 116 valence electrons. The van der Waals surface area contributed by atoms with E-state index in [9.17, 15) is 0 Å². The number of nitrogens with two attached hydrogens (primary N) is 1. The Morgan fingerprint density at radius 2 is 2.10 bits per heavy atom. The van der Waals surface area contributed by atoms with Gasteiger partial charge in [0, 0.05) is 24.8 Å². The molecule has 1 saturated heterocycles. The second kappa shape index (κ2) is 6.78. The molecule has 0 spiro atoms. The summed E-state index contributed by atoms with van der Waals surface area (Å²) >= 11 is 0. The van der Waals surface area contributed by atoms with Crippen LogP contribution in [0, 0.1) is 5.92 Å². The number of hydrogen-bond acceptors (Lipinski definition) is 3. The van der Waals surface area contributed by atoms with Crippen LogP contribution in [0.2, 0.25) is 0 Å². The van der Waals surface area contributed by atoms with Gasteiger partial charge in [0.05, 0.1) is 0 Å². The van der Waals surface area contributed by atoms with Gasteiger partial charge in [-0.3, -0.25) is 0 Å². The van der Waals surface area contributed by atoms with E-state index >= 15 is 0 Å². The van der Waals surface area contributed by atoms with Gasteiger partial charge in [-0.1, -0.05) is 25.8 Å². The number of nitrogens with zero attached hydrogens (tertiary/aromatic N) is 2. The maximum absolute atomic E-state index is 6.18. The maximum Gasteiger partial charge on any atom is 0.132 e. The Morgan fingerprint density at radius 1 is 1.29 bits per heavy atom. The molecule has 21 heavy (non-hydrogen) atoms. The monoisotopic (exact) mass is 287 g/mol. The lowest BCUT2D eigenvalue weighted by molar-refractivity contribution is 0.428. The fourth-order valence-corrected chi connectivity index (χ4v) is 4.16. The summed E-state index contributed by atoms with van der Waals surface area (Å²) in [4.78, 5) is 7.34. The molecule has 1 aromatic heterocycles. The van der Waals surface area contributed by atoms with Crippen LogP contribution >= 0.6 is 0 Å². The van der Waals surface area contributed by atoms with Crippen LogP contribution in [-0.4, -0.2) is 23.6 Å². The highest BCUT2D eigenvalue weighted by molar-refractivity contribution is 5.49. The molecule has 0 aromatic carbocycles. The number of aromatic nitrogens is 1. The highest BCUT2D eigenvalue weighted by Gasteiger charge is 2.34. The van der Waals surface area contributed by atoms with Crippen LogP contribution in [0.3, 0.4) is 0 Å². The second-order valence-corrected chi connectivity index (χ2v) is 6.81. The minimum Gasteiger partial charge on any atom is -0.353 e. The molecular formula is C18H29N3. The molecule has 2 N–H and O–H groups in total. The third kappa shape index (κ3) is 3.23. The predicted octanol–water partition coefficient (Wildman–Crippen LogP) is 3.52. The zero-order valence-electron chi connectivity index (χ0n) is 13.3. The van der Waals surface area contributed by atoms with Gasteiger partial charge in [0.15, 0.2) is 0 Å². The van der Waals surface area contributed by atoms with Crippen molar-refractivity contribution in [3.63, 3.8) is 0 Å². The highest BCUT2D eigenvalue weighted by Crippen LogP contribution is 2.38. The lowest BCUT2D eigenvalue weighted by Gasteiger charge is -2.32. The van der Waals surface area contributed by atoms with Gasteiger partial charge in [-0.15, -0.1) is 0 Å². The van der Waals surface area contributed by atoms with Crippen molar-refractivity contribution >= 4 is 5.82 Å². The van der Waals surface area contributed by atoms with E-state index < -0.39 is 0 Å². The van der Waals surface area contributed by atoms with Crippen molar-refractivity contribution in [1.82, 2.24) is 4.98 Å². The van der Waals surface area contributed by atoms with E-state index in [0.29, 0.717) is 0 Å². The Hall–Kier alpha value is -1.09. The Kier molecular flexibility index (Phi) is 4.79. The SMILES string of the molecule is CCC(N)Cc1cccnc1N1CCCC1C1CCCC1. The van der Waals surface area contributed by atoms with Crippen molar-refractivity contribution in [2.75, 3.05) is 11.4 Å². The Morgan fingerprint density at radius 3 is 2.86 bits per heavy atom. The van der Waals surface area contributed by atoms with Crippen LogP contribution in [0.4, 0.5) is 5.82 Å². The van der Waals surface area contributed by atoms with Crippen LogP contribution < -0.4 is 10.6 Å². The Bertz CT molecular complexity index is 454. The molecule has 1 aromatic rings. The van der Waals surface area contributed by atoms with Gasteiger partial charge in [0.2, 0.25) is 0 Å². The van der Waals surface area contributed by atoms with Crippen LogP contribution in [0.5, 0.6) is 0 Å². The molecule has 1 aliphatic carbocycles. The Balaban J connectivity index is 1.81. The largest absolute Gasteiger partial charge is 0.353 e. The van der Waals surface area contributed by atoms with Crippen molar-refractivity contribution in [2.24, 2.45) is 11.7 Å². The van der Waals surface area contributed by atoms with E-state index in [-0.39, 0.29) is 6.04 Å². The first-order chi connectivity index (χ1) is 10.3. The van der Waals surface area contributed by atoms with Crippen LogP contribution in [0.15, 0.2) is 18.3 Å². The van der Waals surface area contributed by atoms with Crippen LogP contribution in [0.1, 0.15) is 57.4 Å². The van der Waals surface area contributed by atoms with Crippen LogP contribution in [0.25, 0.3) is 0 Å². The fourth-order valence-electron chi connectivity index (χ4n) is 4.16. The van der Waals surface area contributed by atoms with Crippen molar-refractivity contribution in [3.8, 4) is 0 Å². The summed E-state index contributed by atoms with van der Waals surface area (Å²) in [6.45, 7) is 3.34. The molecule has 1 aliphatic heterocycles. The molecule has 3 heteroatoms. The number of hydrogen-bond donors (Lipinski definition) is 1. The number of rotatable bonds is 5. The molecule has 3 nitrogen and oxygen atoms in total. The van der Waals surface area contributed by atoms with E-state index in [2.05, 4.69) is 24.0 Å². The molecule has 2 aliphatic rings. The van der Waals surface area contributed by atoms with Gasteiger partial charge < -0.3 is 10.6 Å². The first-order valence-corrected chi connectivity index (χ1v) is 8.75. The van der Waals surface area contributed by atoms with Gasteiger partial charge in [-0.2, -0.15) is 0 Å². The minimum atomic E-state index is 0.250. The smallest absolute Gasteiger partial charge is 0.132 e. The lowest BCUT2D eigenvalue weighted by atomic mass is 9.95. The summed E-state index contributed by atoms with van der Waals surface area (Å²) in [5.41, 5.74) is 7.53. The summed E-state index contributed by atoms with van der Waals surface area (Å²) < 4.78 is 0. The summed E-state index contributed by atoms with van der Waals surface area (Å²) in [7, 11) is 0. The van der Waals surface area contributed by atoms with E-state index in [1.54, 1.807) is 0 Å². The molecule has 1 saturated carbocycles. The molecule has 2 fully saturated rings. The van der Waals surface area contributed by atoms with Crippen molar-refractivity contribution < 1.29 is 0 Å². The average molecular weight is 287 g/mol. The van der Waals surface area contributed by atoms with E-state index in [0.717, 1.165) is 24.8 Å². The standard InChI is InChI=1S/C18H29N3/c1-2-16(19)13-15-9-5-11-20-18(15)21-12-6-10-17(21)14-7-3-4-8-14/h5,9,11,14,16-17H,2-4,6-8,10,12-13,19H2,1H3. The second-order valence-electron chi connectivity index (χ2n) is 6.81. The van der Waals surface area contributed by atoms with Crippen LogP contribution in [-0.2, 0) is 6.42 Å². The summed E-state index contributed by atoms with van der Waals surface area (Å²) in [6.07, 6.45) is 12.3. The summed E-state index contributed by atoms with van der Waals surface area (Å²) in [5.74, 6) is 2.11. The van der Waals surface area contributed by atoms with Gasteiger partial charge in [0.25, 0.3) is 0 Å². The van der Waals surface area contributed by atoms with E-state index in [4.69, 9.17) is 10.7 Å². The number of pyridine rings is 1. The summed E-state index contributed by atoms with van der Waals surface area (Å²) in [5, 5.41) is 0. The quantitative estimate of drug-likeness (QED) is 0.901. The first kappa shape index (κ1) is 14.8. The molecule has 2 heterocycles. The minimum absolute atomic E-state index is 0.250. The highest BCUT2D eigenvalue weighted by atomic mass is 15.2. The van der Waals surface area contributed by atoms with E-state index in [1.807, 2.05) is 6.20 Å². The van der Waals surface area contributed by atoms with E-state index in [1.165, 1.54) is 56.5 Å². The molecule has 0 amide bonds. The van der Waals surface area contributed by atoms with Gasteiger partial charge >= 0.3 is 0 Å².